The monoisotopic (exact) mass is 334 g/mol. The molecule has 0 bridgehead atoms. The van der Waals surface area contributed by atoms with E-state index < -0.39 is 12.0 Å². The predicted octanol–water partition coefficient (Wildman–Crippen LogP) is 1.94. The van der Waals surface area contributed by atoms with Crippen LogP contribution in [0.3, 0.4) is 0 Å². The molecule has 23 heavy (non-hydrogen) atoms. The standard InChI is InChI=1S/C15H18N4O3S/c1-9(2)12(14(21)22)18-13(20)11-5-3-10(4-6-11)7-23-15-16-8-17-19-15/h3-6,8-9,12H,7H2,1-2H3,(H,18,20)(H,21,22)(H,16,17,19)/t12-/m0/s1. The molecule has 0 saturated heterocycles. The van der Waals surface area contributed by atoms with Gasteiger partial charge < -0.3 is 10.4 Å². The van der Waals surface area contributed by atoms with Crippen LogP contribution < -0.4 is 5.32 Å². The van der Waals surface area contributed by atoms with Gasteiger partial charge in [0.1, 0.15) is 12.4 Å². The van der Waals surface area contributed by atoms with Crippen LogP contribution in [0.1, 0.15) is 29.8 Å². The van der Waals surface area contributed by atoms with Crippen molar-refractivity contribution in [1.82, 2.24) is 20.5 Å². The maximum atomic E-state index is 12.1. The molecule has 2 rings (SSSR count). The van der Waals surface area contributed by atoms with Gasteiger partial charge in [-0.2, -0.15) is 5.10 Å². The average Bonchev–Trinajstić information content (AvgIpc) is 3.03. The Labute approximate surface area is 137 Å². The molecule has 0 aliphatic rings. The number of carbonyl (C=O) groups excluding carboxylic acids is 1. The fraction of sp³-hybridized carbons (Fsp3) is 0.333. The molecule has 1 aromatic heterocycles. The van der Waals surface area contributed by atoms with E-state index in [9.17, 15) is 9.59 Å². The zero-order valence-electron chi connectivity index (χ0n) is 12.8. The predicted molar refractivity (Wildman–Crippen MR) is 86.1 cm³/mol. The highest BCUT2D eigenvalue weighted by molar-refractivity contribution is 7.98. The van der Waals surface area contributed by atoms with E-state index in [2.05, 4.69) is 20.5 Å². The molecule has 0 unspecified atom stereocenters. The van der Waals surface area contributed by atoms with Crippen LogP contribution in [0.4, 0.5) is 0 Å². The second-order valence-electron chi connectivity index (χ2n) is 5.31. The third kappa shape index (κ3) is 4.82. The number of nitrogens with zero attached hydrogens (tertiary/aromatic N) is 2. The normalized spacial score (nSPS) is 12.1. The van der Waals surface area contributed by atoms with Gasteiger partial charge in [0.05, 0.1) is 0 Å². The minimum Gasteiger partial charge on any atom is -0.480 e. The number of nitrogens with one attached hydrogen (secondary N) is 2. The van der Waals surface area contributed by atoms with Gasteiger partial charge in [0.15, 0.2) is 5.16 Å². The Morgan fingerprint density at radius 2 is 2.00 bits per heavy atom. The summed E-state index contributed by atoms with van der Waals surface area (Å²) in [5, 5.41) is 18.9. The molecule has 1 heterocycles. The van der Waals surface area contributed by atoms with E-state index in [-0.39, 0.29) is 11.8 Å². The topological polar surface area (TPSA) is 108 Å². The molecular formula is C15H18N4O3S. The summed E-state index contributed by atoms with van der Waals surface area (Å²) >= 11 is 1.51. The summed E-state index contributed by atoms with van der Waals surface area (Å²) in [5.74, 6) is -0.913. The van der Waals surface area contributed by atoms with Gasteiger partial charge in [-0.15, -0.1) is 0 Å². The summed E-state index contributed by atoms with van der Waals surface area (Å²) in [5.41, 5.74) is 1.46. The van der Waals surface area contributed by atoms with Crippen LogP contribution in [-0.4, -0.2) is 38.2 Å². The highest BCUT2D eigenvalue weighted by Gasteiger charge is 2.23. The molecule has 0 saturated carbocycles. The molecule has 1 aromatic carbocycles. The largest absolute Gasteiger partial charge is 0.480 e. The summed E-state index contributed by atoms with van der Waals surface area (Å²) in [7, 11) is 0. The van der Waals surface area contributed by atoms with E-state index in [0.717, 1.165) is 10.7 Å². The number of hydrogen-bond donors (Lipinski definition) is 3. The van der Waals surface area contributed by atoms with E-state index in [0.29, 0.717) is 11.3 Å². The lowest BCUT2D eigenvalue weighted by molar-refractivity contribution is -0.140. The molecule has 1 atom stereocenters. The van der Waals surface area contributed by atoms with Crippen molar-refractivity contribution in [2.45, 2.75) is 30.8 Å². The molecule has 0 spiro atoms. The maximum absolute atomic E-state index is 12.1. The van der Waals surface area contributed by atoms with Crippen molar-refractivity contribution in [2.24, 2.45) is 5.92 Å². The number of aromatic nitrogens is 3. The molecule has 8 heteroatoms. The zero-order valence-corrected chi connectivity index (χ0v) is 13.6. The van der Waals surface area contributed by atoms with Crippen LogP contribution in [0.5, 0.6) is 0 Å². The Hall–Kier alpha value is -2.35. The Morgan fingerprint density at radius 3 is 2.52 bits per heavy atom. The van der Waals surface area contributed by atoms with E-state index >= 15 is 0 Å². The molecule has 0 aliphatic heterocycles. The highest BCUT2D eigenvalue weighted by atomic mass is 32.2. The van der Waals surface area contributed by atoms with Crippen molar-refractivity contribution < 1.29 is 14.7 Å². The van der Waals surface area contributed by atoms with Crippen LogP contribution in [0, 0.1) is 5.92 Å². The maximum Gasteiger partial charge on any atom is 0.326 e. The lowest BCUT2D eigenvalue weighted by Crippen LogP contribution is -2.44. The fourth-order valence-corrected chi connectivity index (χ4v) is 2.64. The Kier molecular flexibility index (Phi) is 5.75. The van der Waals surface area contributed by atoms with Gasteiger partial charge in [-0.25, -0.2) is 9.78 Å². The summed E-state index contributed by atoms with van der Waals surface area (Å²) in [6, 6.07) is 6.15. The summed E-state index contributed by atoms with van der Waals surface area (Å²) < 4.78 is 0. The van der Waals surface area contributed by atoms with E-state index in [1.54, 1.807) is 26.0 Å². The third-order valence-electron chi connectivity index (χ3n) is 3.20. The minimum atomic E-state index is -1.03. The number of carbonyl (C=O) groups is 2. The smallest absolute Gasteiger partial charge is 0.326 e. The van der Waals surface area contributed by atoms with E-state index in [1.807, 2.05) is 12.1 Å². The fourth-order valence-electron chi connectivity index (χ4n) is 1.91. The summed E-state index contributed by atoms with van der Waals surface area (Å²) in [4.78, 5) is 27.3. The minimum absolute atomic E-state index is 0.186. The van der Waals surface area contributed by atoms with Crippen molar-refractivity contribution in [1.29, 1.82) is 0 Å². The van der Waals surface area contributed by atoms with Crippen LogP contribution in [-0.2, 0) is 10.5 Å². The molecule has 1 amide bonds. The van der Waals surface area contributed by atoms with Crippen molar-refractivity contribution in [3.05, 3.63) is 41.7 Å². The number of aliphatic carboxylic acids is 1. The lowest BCUT2D eigenvalue weighted by atomic mass is 10.0. The molecular weight excluding hydrogens is 316 g/mol. The van der Waals surface area contributed by atoms with Gasteiger partial charge >= 0.3 is 5.97 Å². The molecule has 7 nitrogen and oxygen atoms in total. The van der Waals surface area contributed by atoms with Gasteiger partial charge in [0, 0.05) is 11.3 Å². The number of rotatable bonds is 7. The number of hydrogen-bond acceptors (Lipinski definition) is 5. The number of H-pyrrole nitrogens is 1. The second kappa shape index (κ2) is 7.77. The van der Waals surface area contributed by atoms with Gasteiger partial charge in [-0.1, -0.05) is 37.7 Å². The number of carboxylic acid groups (broad SMARTS) is 1. The first-order valence-electron chi connectivity index (χ1n) is 7.08. The molecule has 0 aliphatic carbocycles. The number of thioether (sulfide) groups is 1. The third-order valence-corrected chi connectivity index (χ3v) is 4.15. The molecule has 3 N–H and O–H groups in total. The van der Waals surface area contributed by atoms with Gasteiger partial charge in [0.2, 0.25) is 0 Å². The number of amides is 1. The summed E-state index contributed by atoms with van der Waals surface area (Å²) in [6.45, 7) is 3.51. The number of carboxylic acids is 1. The van der Waals surface area contributed by atoms with Crippen LogP contribution in [0.25, 0.3) is 0 Å². The Morgan fingerprint density at radius 1 is 1.30 bits per heavy atom. The van der Waals surface area contributed by atoms with Crippen molar-refractivity contribution in [3.8, 4) is 0 Å². The zero-order chi connectivity index (χ0) is 16.8. The van der Waals surface area contributed by atoms with Crippen LogP contribution in [0.15, 0.2) is 35.7 Å². The Bertz CT molecular complexity index is 656. The quantitative estimate of drug-likeness (QED) is 0.668. The Balaban J connectivity index is 1.95. The van der Waals surface area contributed by atoms with Crippen molar-refractivity contribution >= 4 is 23.6 Å². The first-order valence-corrected chi connectivity index (χ1v) is 8.06. The van der Waals surface area contributed by atoms with Crippen molar-refractivity contribution in [2.75, 3.05) is 0 Å². The van der Waals surface area contributed by atoms with Gasteiger partial charge in [0.25, 0.3) is 5.91 Å². The average molecular weight is 334 g/mol. The second-order valence-corrected chi connectivity index (χ2v) is 6.27. The van der Waals surface area contributed by atoms with E-state index in [1.165, 1.54) is 18.1 Å². The van der Waals surface area contributed by atoms with Gasteiger partial charge in [-0.05, 0) is 23.6 Å². The first-order chi connectivity index (χ1) is 11.0. The molecule has 0 fully saturated rings. The number of aromatic amines is 1. The lowest BCUT2D eigenvalue weighted by Gasteiger charge is -2.17. The SMILES string of the molecule is CC(C)[C@H](NC(=O)c1ccc(CSc2ncn[nH]2)cc1)C(=O)O. The van der Waals surface area contributed by atoms with Crippen LogP contribution >= 0.6 is 11.8 Å². The number of benzene rings is 1. The summed E-state index contributed by atoms with van der Waals surface area (Å²) in [6.07, 6.45) is 1.45. The van der Waals surface area contributed by atoms with Crippen molar-refractivity contribution in [3.63, 3.8) is 0 Å². The highest BCUT2D eigenvalue weighted by Crippen LogP contribution is 2.18. The van der Waals surface area contributed by atoms with Crippen LogP contribution in [0.2, 0.25) is 0 Å². The molecule has 2 aromatic rings. The van der Waals surface area contributed by atoms with Gasteiger partial charge in [-0.3, -0.25) is 9.89 Å². The van der Waals surface area contributed by atoms with E-state index in [4.69, 9.17) is 5.11 Å². The molecule has 122 valence electrons. The first kappa shape index (κ1) is 17.0. The molecule has 0 radical (unpaired) electrons.